The lowest BCUT2D eigenvalue weighted by atomic mass is 9.84. The third kappa shape index (κ3) is 1.58. The van der Waals surface area contributed by atoms with Gasteiger partial charge in [-0.05, 0) is 48.4 Å². The van der Waals surface area contributed by atoms with E-state index in [1.165, 1.54) is 24.0 Å². The average Bonchev–Trinajstić information content (AvgIpc) is 2.17. The molecule has 0 unspecified atom stereocenters. The lowest BCUT2D eigenvalue weighted by Gasteiger charge is -2.21. The quantitative estimate of drug-likeness (QED) is 0.588. The Morgan fingerprint density at radius 2 is 2.23 bits per heavy atom. The number of aryl methyl sites for hydroxylation is 1. The van der Waals surface area contributed by atoms with Crippen molar-refractivity contribution in [3.05, 3.63) is 34.9 Å². The van der Waals surface area contributed by atoms with E-state index in [1.54, 1.807) is 0 Å². The first-order chi connectivity index (χ1) is 6.29. The molecule has 0 N–H and O–H groups in total. The number of benzene rings is 1. The van der Waals surface area contributed by atoms with Crippen molar-refractivity contribution in [3.63, 3.8) is 0 Å². The van der Waals surface area contributed by atoms with Crippen molar-refractivity contribution in [2.45, 2.75) is 26.2 Å². The summed E-state index contributed by atoms with van der Waals surface area (Å²) in [6.07, 6.45) is 3.59. The SMILES string of the molecule is C[C@H]1CCc2cc(C#N)ccc2C1. The maximum atomic E-state index is 8.74. The second kappa shape index (κ2) is 3.22. The van der Waals surface area contributed by atoms with Gasteiger partial charge in [0.15, 0.2) is 0 Å². The van der Waals surface area contributed by atoms with E-state index in [-0.39, 0.29) is 0 Å². The fourth-order valence-corrected chi connectivity index (χ4v) is 2.01. The molecule has 1 aromatic rings. The maximum absolute atomic E-state index is 8.74. The largest absolute Gasteiger partial charge is 0.192 e. The van der Waals surface area contributed by atoms with E-state index in [0.717, 1.165) is 17.9 Å². The Bertz CT molecular complexity index is 360. The molecule has 1 atom stereocenters. The normalized spacial score (nSPS) is 20.5. The summed E-state index contributed by atoms with van der Waals surface area (Å²) in [5.74, 6) is 0.806. The standard InChI is InChI=1S/C12H13N/c1-9-2-4-12-7-10(8-13)3-5-11(12)6-9/h3,5,7,9H,2,4,6H2,1H3/t9-/m0/s1. The predicted octanol–water partition coefficient (Wildman–Crippen LogP) is 2.68. The molecule has 0 spiro atoms. The summed E-state index contributed by atoms with van der Waals surface area (Å²) < 4.78 is 0. The highest BCUT2D eigenvalue weighted by Gasteiger charge is 2.14. The van der Waals surface area contributed by atoms with Crippen molar-refractivity contribution in [2.24, 2.45) is 5.92 Å². The molecule has 13 heavy (non-hydrogen) atoms. The molecule has 0 bridgehead atoms. The Morgan fingerprint density at radius 3 is 3.00 bits per heavy atom. The molecule has 0 fully saturated rings. The highest BCUT2D eigenvalue weighted by molar-refractivity contribution is 5.39. The predicted molar refractivity (Wildman–Crippen MR) is 52.3 cm³/mol. The molecule has 0 saturated heterocycles. The van der Waals surface area contributed by atoms with E-state index in [4.69, 9.17) is 5.26 Å². The topological polar surface area (TPSA) is 23.8 Å². The van der Waals surface area contributed by atoms with Gasteiger partial charge in [-0.1, -0.05) is 13.0 Å². The molecule has 1 aliphatic carbocycles. The molecule has 2 rings (SSSR count). The highest BCUT2D eigenvalue weighted by atomic mass is 14.2. The zero-order valence-corrected chi connectivity index (χ0v) is 7.88. The third-order valence-corrected chi connectivity index (χ3v) is 2.81. The zero-order chi connectivity index (χ0) is 9.26. The van der Waals surface area contributed by atoms with Crippen molar-refractivity contribution >= 4 is 0 Å². The summed E-state index contributed by atoms with van der Waals surface area (Å²) in [5, 5.41) is 8.74. The van der Waals surface area contributed by atoms with E-state index in [9.17, 15) is 0 Å². The van der Waals surface area contributed by atoms with Crippen LogP contribution < -0.4 is 0 Å². The van der Waals surface area contributed by atoms with Gasteiger partial charge in [0.25, 0.3) is 0 Å². The highest BCUT2D eigenvalue weighted by Crippen LogP contribution is 2.25. The smallest absolute Gasteiger partial charge is 0.0991 e. The number of hydrogen-bond acceptors (Lipinski definition) is 1. The molecular formula is C12H13N. The number of hydrogen-bond donors (Lipinski definition) is 0. The monoisotopic (exact) mass is 171 g/mol. The lowest BCUT2D eigenvalue weighted by molar-refractivity contribution is 0.501. The third-order valence-electron chi connectivity index (χ3n) is 2.81. The van der Waals surface area contributed by atoms with E-state index in [2.05, 4.69) is 19.1 Å². The van der Waals surface area contributed by atoms with Crippen molar-refractivity contribution in [3.8, 4) is 6.07 Å². The molecule has 1 aromatic carbocycles. The van der Waals surface area contributed by atoms with E-state index in [0.29, 0.717) is 0 Å². The van der Waals surface area contributed by atoms with Crippen LogP contribution in [0, 0.1) is 17.2 Å². The van der Waals surface area contributed by atoms with Gasteiger partial charge in [0.1, 0.15) is 0 Å². The fraction of sp³-hybridized carbons (Fsp3) is 0.417. The molecule has 0 radical (unpaired) electrons. The van der Waals surface area contributed by atoms with Crippen LogP contribution in [0.3, 0.4) is 0 Å². The van der Waals surface area contributed by atoms with Crippen molar-refractivity contribution in [1.29, 1.82) is 5.26 Å². The maximum Gasteiger partial charge on any atom is 0.0991 e. The Morgan fingerprint density at radius 1 is 1.38 bits per heavy atom. The minimum Gasteiger partial charge on any atom is -0.192 e. The molecule has 0 heterocycles. The van der Waals surface area contributed by atoms with Crippen LogP contribution in [0.2, 0.25) is 0 Å². The van der Waals surface area contributed by atoms with Gasteiger partial charge in [-0.3, -0.25) is 0 Å². The minimum atomic E-state index is 0.799. The zero-order valence-electron chi connectivity index (χ0n) is 7.88. The molecule has 1 nitrogen and oxygen atoms in total. The van der Waals surface area contributed by atoms with Gasteiger partial charge >= 0.3 is 0 Å². The Kier molecular flexibility index (Phi) is 2.06. The van der Waals surface area contributed by atoms with Crippen LogP contribution >= 0.6 is 0 Å². The lowest BCUT2D eigenvalue weighted by Crippen LogP contribution is -2.11. The van der Waals surface area contributed by atoms with Gasteiger partial charge in [-0.25, -0.2) is 0 Å². The first-order valence-corrected chi connectivity index (χ1v) is 4.81. The van der Waals surface area contributed by atoms with Crippen molar-refractivity contribution in [1.82, 2.24) is 0 Å². The average molecular weight is 171 g/mol. The van der Waals surface area contributed by atoms with Crippen LogP contribution in [-0.4, -0.2) is 0 Å². The second-order valence-electron chi connectivity index (χ2n) is 3.94. The van der Waals surface area contributed by atoms with Gasteiger partial charge in [0, 0.05) is 0 Å². The van der Waals surface area contributed by atoms with Gasteiger partial charge in [-0.15, -0.1) is 0 Å². The molecule has 0 aromatic heterocycles. The number of rotatable bonds is 0. The first-order valence-electron chi connectivity index (χ1n) is 4.81. The van der Waals surface area contributed by atoms with E-state index in [1.807, 2.05) is 12.1 Å². The number of fused-ring (bicyclic) bond motifs is 1. The summed E-state index contributed by atoms with van der Waals surface area (Å²) in [7, 11) is 0. The molecule has 1 heteroatoms. The summed E-state index contributed by atoms with van der Waals surface area (Å²) >= 11 is 0. The van der Waals surface area contributed by atoms with Crippen molar-refractivity contribution < 1.29 is 0 Å². The number of nitrogens with zero attached hydrogens (tertiary/aromatic N) is 1. The Balaban J connectivity index is 2.38. The summed E-state index contributed by atoms with van der Waals surface area (Å²) in [5.41, 5.74) is 3.63. The van der Waals surface area contributed by atoms with Crippen LogP contribution in [0.5, 0.6) is 0 Å². The van der Waals surface area contributed by atoms with Crippen LogP contribution in [0.25, 0.3) is 0 Å². The minimum absolute atomic E-state index is 0.799. The number of nitriles is 1. The summed E-state index contributed by atoms with van der Waals surface area (Å²) in [6, 6.07) is 8.27. The Hall–Kier alpha value is -1.29. The van der Waals surface area contributed by atoms with E-state index < -0.39 is 0 Å². The van der Waals surface area contributed by atoms with Crippen LogP contribution in [0.15, 0.2) is 18.2 Å². The molecule has 1 aliphatic rings. The van der Waals surface area contributed by atoms with Gasteiger partial charge in [0.2, 0.25) is 0 Å². The first kappa shape index (κ1) is 8.31. The Labute approximate surface area is 79.0 Å². The van der Waals surface area contributed by atoms with Crippen molar-refractivity contribution in [2.75, 3.05) is 0 Å². The van der Waals surface area contributed by atoms with Gasteiger partial charge in [0.05, 0.1) is 11.6 Å². The molecule has 0 amide bonds. The van der Waals surface area contributed by atoms with Crippen LogP contribution in [0.4, 0.5) is 0 Å². The second-order valence-corrected chi connectivity index (χ2v) is 3.94. The summed E-state index contributed by atoms with van der Waals surface area (Å²) in [4.78, 5) is 0. The van der Waals surface area contributed by atoms with Crippen LogP contribution in [-0.2, 0) is 12.8 Å². The van der Waals surface area contributed by atoms with Gasteiger partial charge < -0.3 is 0 Å². The molecule has 66 valence electrons. The fourth-order valence-electron chi connectivity index (χ4n) is 2.01. The van der Waals surface area contributed by atoms with Crippen LogP contribution in [0.1, 0.15) is 30.0 Å². The summed E-state index contributed by atoms with van der Waals surface area (Å²) in [6.45, 7) is 2.29. The molecule has 0 aliphatic heterocycles. The van der Waals surface area contributed by atoms with Gasteiger partial charge in [-0.2, -0.15) is 5.26 Å². The molecular weight excluding hydrogens is 158 g/mol. The molecule has 0 saturated carbocycles. The van der Waals surface area contributed by atoms with E-state index >= 15 is 0 Å².